The molecule has 0 aliphatic heterocycles. The molecule has 1 aliphatic rings. The van der Waals surface area contributed by atoms with E-state index in [0.29, 0.717) is 29.6 Å². The molecule has 0 radical (unpaired) electrons. The summed E-state index contributed by atoms with van der Waals surface area (Å²) in [6.07, 6.45) is 3.06. The summed E-state index contributed by atoms with van der Waals surface area (Å²) in [5, 5.41) is 19.6. The summed E-state index contributed by atoms with van der Waals surface area (Å²) in [5.74, 6) is 0. The standard InChI is InChI=1S/C32H25N3O2/c1-32(2)18-23(25(20-33)21-34)15-24(19-32)29-16-22-13-14-28(17-30(22)37-31(29)36)35(26-9-5-3-6-10-26)27-11-7-4-8-12-27/h3-17H,18-19H2,1-2H3. The predicted octanol–water partition coefficient (Wildman–Crippen LogP) is 7.81. The molecule has 0 saturated heterocycles. The molecule has 5 heteroatoms. The number of anilines is 3. The molecule has 0 saturated carbocycles. The van der Waals surface area contributed by atoms with Crippen LogP contribution < -0.4 is 10.5 Å². The van der Waals surface area contributed by atoms with Crippen molar-refractivity contribution in [2.45, 2.75) is 26.7 Å². The first kappa shape index (κ1) is 23.9. The van der Waals surface area contributed by atoms with Gasteiger partial charge in [-0.1, -0.05) is 56.3 Å². The summed E-state index contributed by atoms with van der Waals surface area (Å²) in [7, 11) is 0. The normalized spacial score (nSPS) is 14.4. The van der Waals surface area contributed by atoms with Crippen LogP contribution in [0.4, 0.5) is 17.1 Å². The van der Waals surface area contributed by atoms with E-state index < -0.39 is 5.63 Å². The molecule has 0 fully saturated rings. The first-order valence-corrected chi connectivity index (χ1v) is 12.1. The van der Waals surface area contributed by atoms with Crippen LogP contribution in [0.15, 0.2) is 111 Å². The van der Waals surface area contributed by atoms with Crippen LogP contribution in [0.3, 0.4) is 0 Å². The summed E-state index contributed by atoms with van der Waals surface area (Å²) in [6.45, 7) is 4.14. The fraction of sp³-hybridized carbons (Fsp3) is 0.156. The molecule has 4 aromatic rings. The lowest BCUT2D eigenvalue weighted by atomic mass is 9.73. The smallest absolute Gasteiger partial charge is 0.343 e. The molecule has 0 unspecified atom stereocenters. The lowest BCUT2D eigenvalue weighted by molar-refractivity contribution is 0.368. The molecule has 0 bridgehead atoms. The van der Waals surface area contributed by atoms with E-state index in [2.05, 4.69) is 18.7 Å². The molecule has 5 rings (SSSR count). The van der Waals surface area contributed by atoms with Crippen molar-refractivity contribution in [3.63, 3.8) is 0 Å². The van der Waals surface area contributed by atoms with Gasteiger partial charge in [-0.05, 0) is 71.9 Å². The van der Waals surface area contributed by atoms with E-state index in [1.807, 2.05) is 103 Å². The van der Waals surface area contributed by atoms with E-state index in [1.54, 1.807) is 0 Å². The molecular weight excluding hydrogens is 458 g/mol. The maximum Gasteiger partial charge on any atom is 0.343 e. The number of rotatable bonds is 4. The first-order chi connectivity index (χ1) is 17.9. The first-order valence-electron chi connectivity index (χ1n) is 12.1. The fourth-order valence-electron chi connectivity index (χ4n) is 4.97. The third kappa shape index (κ3) is 4.81. The van der Waals surface area contributed by atoms with Crippen molar-refractivity contribution in [3.05, 3.63) is 118 Å². The number of nitriles is 2. The van der Waals surface area contributed by atoms with E-state index in [-0.39, 0.29) is 11.0 Å². The number of hydrogen-bond acceptors (Lipinski definition) is 5. The zero-order valence-electron chi connectivity index (χ0n) is 20.7. The topological polar surface area (TPSA) is 81.0 Å². The van der Waals surface area contributed by atoms with E-state index in [0.717, 1.165) is 28.0 Å². The second-order valence-electron chi connectivity index (χ2n) is 9.99. The highest BCUT2D eigenvalue weighted by atomic mass is 16.4. The molecule has 1 aromatic heterocycles. The van der Waals surface area contributed by atoms with E-state index in [4.69, 9.17) is 4.42 Å². The molecule has 1 aliphatic carbocycles. The molecule has 5 nitrogen and oxygen atoms in total. The Morgan fingerprint density at radius 2 is 1.46 bits per heavy atom. The molecule has 0 N–H and O–H groups in total. The Labute approximate surface area is 215 Å². The van der Waals surface area contributed by atoms with Gasteiger partial charge in [0.15, 0.2) is 0 Å². The van der Waals surface area contributed by atoms with Gasteiger partial charge in [0.25, 0.3) is 0 Å². The van der Waals surface area contributed by atoms with Gasteiger partial charge in [-0.2, -0.15) is 10.5 Å². The van der Waals surface area contributed by atoms with Gasteiger partial charge in [0.1, 0.15) is 23.3 Å². The SMILES string of the molecule is CC1(C)CC(c2cc3ccc(N(c4ccccc4)c4ccccc4)cc3oc2=O)=CC(=C(C#N)C#N)C1. The van der Waals surface area contributed by atoms with Crippen LogP contribution in [0.2, 0.25) is 0 Å². The minimum atomic E-state index is -0.436. The number of allylic oxidation sites excluding steroid dienone is 4. The highest BCUT2D eigenvalue weighted by molar-refractivity contribution is 5.87. The van der Waals surface area contributed by atoms with Crippen LogP contribution in [0.5, 0.6) is 0 Å². The molecule has 180 valence electrons. The van der Waals surface area contributed by atoms with Gasteiger partial charge in [0.2, 0.25) is 0 Å². The van der Waals surface area contributed by atoms with Crippen molar-refractivity contribution in [3.8, 4) is 12.1 Å². The average Bonchev–Trinajstić information content (AvgIpc) is 2.89. The number of para-hydroxylation sites is 2. The third-order valence-electron chi connectivity index (χ3n) is 6.58. The van der Waals surface area contributed by atoms with Crippen LogP contribution in [0.25, 0.3) is 16.5 Å². The monoisotopic (exact) mass is 483 g/mol. The highest BCUT2D eigenvalue weighted by Gasteiger charge is 2.29. The zero-order valence-corrected chi connectivity index (χ0v) is 20.7. The van der Waals surface area contributed by atoms with Crippen LogP contribution in [0.1, 0.15) is 32.3 Å². The van der Waals surface area contributed by atoms with Crippen LogP contribution in [-0.4, -0.2) is 0 Å². The number of nitrogens with zero attached hydrogens (tertiary/aromatic N) is 3. The van der Waals surface area contributed by atoms with E-state index >= 15 is 0 Å². The molecular formula is C32H25N3O2. The molecule has 0 atom stereocenters. The Kier molecular flexibility index (Phi) is 6.22. The van der Waals surface area contributed by atoms with Crippen LogP contribution in [0, 0.1) is 28.1 Å². The Morgan fingerprint density at radius 3 is 2.05 bits per heavy atom. The number of hydrogen-bond donors (Lipinski definition) is 0. The van der Waals surface area contributed by atoms with Gasteiger partial charge in [-0.3, -0.25) is 0 Å². The van der Waals surface area contributed by atoms with Crippen molar-refractivity contribution < 1.29 is 4.42 Å². The largest absolute Gasteiger partial charge is 0.422 e. The molecule has 37 heavy (non-hydrogen) atoms. The third-order valence-corrected chi connectivity index (χ3v) is 6.58. The van der Waals surface area contributed by atoms with Gasteiger partial charge < -0.3 is 9.32 Å². The van der Waals surface area contributed by atoms with Crippen molar-refractivity contribution in [2.24, 2.45) is 5.41 Å². The van der Waals surface area contributed by atoms with Crippen molar-refractivity contribution in [1.82, 2.24) is 0 Å². The maximum absolute atomic E-state index is 13.2. The van der Waals surface area contributed by atoms with Gasteiger partial charge in [0, 0.05) is 28.5 Å². The van der Waals surface area contributed by atoms with Crippen molar-refractivity contribution >= 4 is 33.6 Å². The van der Waals surface area contributed by atoms with Crippen molar-refractivity contribution in [1.29, 1.82) is 10.5 Å². The van der Waals surface area contributed by atoms with Crippen LogP contribution in [-0.2, 0) is 0 Å². The summed E-state index contributed by atoms with van der Waals surface area (Å²) in [5.41, 5.74) is 4.70. The lowest BCUT2D eigenvalue weighted by Gasteiger charge is -2.31. The lowest BCUT2D eigenvalue weighted by Crippen LogP contribution is -2.20. The minimum absolute atomic E-state index is 0.0852. The van der Waals surface area contributed by atoms with Gasteiger partial charge in [-0.15, -0.1) is 0 Å². The molecule has 0 spiro atoms. The average molecular weight is 484 g/mol. The summed E-state index contributed by atoms with van der Waals surface area (Å²) in [6, 6.07) is 31.7. The summed E-state index contributed by atoms with van der Waals surface area (Å²) < 4.78 is 5.86. The maximum atomic E-state index is 13.2. The number of benzene rings is 3. The van der Waals surface area contributed by atoms with Gasteiger partial charge in [0.05, 0.1) is 5.56 Å². The Balaban J connectivity index is 1.62. The van der Waals surface area contributed by atoms with Crippen molar-refractivity contribution in [2.75, 3.05) is 4.90 Å². The second-order valence-corrected chi connectivity index (χ2v) is 9.99. The molecule has 0 amide bonds. The van der Waals surface area contributed by atoms with Crippen LogP contribution >= 0.6 is 0 Å². The fourth-order valence-corrected chi connectivity index (χ4v) is 4.97. The summed E-state index contributed by atoms with van der Waals surface area (Å²) >= 11 is 0. The molecule has 1 heterocycles. The van der Waals surface area contributed by atoms with E-state index in [1.165, 1.54) is 0 Å². The molecule has 3 aromatic carbocycles. The van der Waals surface area contributed by atoms with E-state index in [9.17, 15) is 15.3 Å². The van der Waals surface area contributed by atoms with Gasteiger partial charge >= 0.3 is 5.63 Å². The highest BCUT2D eigenvalue weighted by Crippen LogP contribution is 2.42. The van der Waals surface area contributed by atoms with Gasteiger partial charge in [-0.25, -0.2) is 4.79 Å². The second kappa shape index (κ2) is 9.64. The Hall–Kier alpha value is -4.87. The Bertz CT molecular complexity index is 1630. The summed E-state index contributed by atoms with van der Waals surface area (Å²) in [4.78, 5) is 15.3. The minimum Gasteiger partial charge on any atom is -0.422 e. The quantitative estimate of drug-likeness (QED) is 0.218. The zero-order chi connectivity index (χ0) is 26.0. The predicted molar refractivity (Wildman–Crippen MR) is 146 cm³/mol. The Morgan fingerprint density at radius 1 is 0.838 bits per heavy atom. The number of fused-ring (bicyclic) bond motifs is 1.